The number of carbonyl (C=O) groups excluding carboxylic acids is 1. The molecule has 2 unspecified atom stereocenters. The Hall–Kier alpha value is -2.89. The minimum atomic E-state index is -0.481. The summed E-state index contributed by atoms with van der Waals surface area (Å²) in [5.74, 6) is 1.57. The third-order valence-corrected chi connectivity index (χ3v) is 4.42. The molecular formula is C18H16O6. The molecular weight excluding hydrogens is 312 g/mol. The highest BCUT2D eigenvalue weighted by Gasteiger charge is 2.43. The number of hydrogen-bond acceptors (Lipinski definition) is 6. The molecule has 2 aliphatic heterocycles. The largest absolute Gasteiger partial charge is 0.508 e. The molecule has 24 heavy (non-hydrogen) atoms. The van der Waals surface area contributed by atoms with Gasteiger partial charge in [0.25, 0.3) is 0 Å². The molecule has 2 atom stereocenters. The van der Waals surface area contributed by atoms with E-state index in [0.717, 1.165) is 0 Å². The van der Waals surface area contributed by atoms with Gasteiger partial charge in [0.15, 0.2) is 17.3 Å². The van der Waals surface area contributed by atoms with Gasteiger partial charge in [0.05, 0.1) is 25.7 Å². The first-order valence-electron chi connectivity index (χ1n) is 7.55. The standard InChI is InChI=1S/C18H16O6/c1-21-14-6-11-12(7-15(14)22-2)23-8-16-17(11)18(20)10-4-3-9(19)5-13(10)24-16/h3-7,16-17,19H,8H2,1-2H3. The zero-order valence-electron chi connectivity index (χ0n) is 13.2. The first-order valence-corrected chi connectivity index (χ1v) is 7.55. The van der Waals surface area contributed by atoms with E-state index in [1.807, 2.05) is 0 Å². The molecule has 2 heterocycles. The van der Waals surface area contributed by atoms with Crippen LogP contribution in [0, 0.1) is 0 Å². The van der Waals surface area contributed by atoms with Crippen molar-refractivity contribution in [2.75, 3.05) is 20.8 Å². The van der Waals surface area contributed by atoms with Crippen molar-refractivity contribution in [2.24, 2.45) is 0 Å². The Labute approximate surface area is 138 Å². The maximum absolute atomic E-state index is 13.0. The van der Waals surface area contributed by atoms with E-state index in [1.165, 1.54) is 12.1 Å². The first kappa shape index (κ1) is 14.7. The second kappa shape index (κ2) is 5.33. The summed E-state index contributed by atoms with van der Waals surface area (Å²) in [4.78, 5) is 13.0. The fourth-order valence-corrected chi connectivity index (χ4v) is 3.27. The van der Waals surface area contributed by atoms with Crippen LogP contribution in [0.15, 0.2) is 30.3 Å². The number of ether oxygens (including phenoxy) is 4. The molecule has 2 aromatic rings. The van der Waals surface area contributed by atoms with Crippen LogP contribution >= 0.6 is 0 Å². The molecule has 0 bridgehead atoms. The van der Waals surface area contributed by atoms with Crippen LogP contribution in [0.3, 0.4) is 0 Å². The van der Waals surface area contributed by atoms with Gasteiger partial charge in [0, 0.05) is 17.7 Å². The van der Waals surface area contributed by atoms with Crippen LogP contribution in [0.5, 0.6) is 28.7 Å². The molecule has 2 aromatic carbocycles. The zero-order valence-corrected chi connectivity index (χ0v) is 13.2. The van der Waals surface area contributed by atoms with E-state index < -0.39 is 12.0 Å². The third-order valence-electron chi connectivity index (χ3n) is 4.42. The average molecular weight is 328 g/mol. The number of hydrogen-bond donors (Lipinski definition) is 1. The fraction of sp³-hybridized carbons (Fsp3) is 0.278. The predicted molar refractivity (Wildman–Crippen MR) is 84.6 cm³/mol. The Balaban J connectivity index is 1.83. The molecule has 0 fully saturated rings. The van der Waals surface area contributed by atoms with E-state index in [1.54, 1.807) is 32.4 Å². The highest BCUT2D eigenvalue weighted by atomic mass is 16.5. The molecule has 0 spiro atoms. The smallest absolute Gasteiger partial charge is 0.178 e. The van der Waals surface area contributed by atoms with Gasteiger partial charge in [-0.1, -0.05) is 0 Å². The van der Waals surface area contributed by atoms with Crippen LogP contribution in [0.4, 0.5) is 0 Å². The second-order valence-electron chi connectivity index (χ2n) is 5.73. The van der Waals surface area contributed by atoms with Crippen molar-refractivity contribution in [1.82, 2.24) is 0 Å². The maximum atomic E-state index is 13.0. The SMILES string of the molecule is COc1cc2c(cc1OC)C1C(=O)c3ccc(O)cc3OC1CO2. The lowest BCUT2D eigenvalue weighted by Crippen LogP contribution is -2.42. The molecule has 1 N–H and O–H groups in total. The Bertz CT molecular complexity index is 828. The highest BCUT2D eigenvalue weighted by molar-refractivity contribution is 6.05. The van der Waals surface area contributed by atoms with Crippen LogP contribution in [-0.4, -0.2) is 37.8 Å². The molecule has 0 radical (unpaired) electrons. The van der Waals surface area contributed by atoms with Crippen LogP contribution in [-0.2, 0) is 0 Å². The van der Waals surface area contributed by atoms with Crippen molar-refractivity contribution in [3.8, 4) is 28.7 Å². The van der Waals surface area contributed by atoms with E-state index in [2.05, 4.69) is 0 Å². The van der Waals surface area contributed by atoms with Crippen LogP contribution < -0.4 is 18.9 Å². The molecule has 2 aliphatic rings. The average Bonchev–Trinajstić information content (AvgIpc) is 2.59. The molecule has 6 heteroatoms. The molecule has 0 amide bonds. The van der Waals surface area contributed by atoms with Gasteiger partial charge in [0.2, 0.25) is 0 Å². The normalized spacial score (nSPS) is 20.8. The highest BCUT2D eigenvalue weighted by Crippen LogP contribution is 2.46. The Kier molecular flexibility index (Phi) is 3.26. The molecule has 6 nitrogen and oxygen atoms in total. The fourth-order valence-electron chi connectivity index (χ4n) is 3.27. The molecule has 124 valence electrons. The zero-order chi connectivity index (χ0) is 16.8. The van der Waals surface area contributed by atoms with E-state index in [-0.39, 0.29) is 18.1 Å². The molecule has 0 saturated heterocycles. The number of fused-ring (bicyclic) bond motifs is 4. The first-order chi connectivity index (χ1) is 11.6. The number of ketones is 1. The minimum absolute atomic E-state index is 0.0574. The van der Waals surface area contributed by atoms with Gasteiger partial charge in [0.1, 0.15) is 30.0 Å². The minimum Gasteiger partial charge on any atom is -0.508 e. The van der Waals surface area contributed by atoms with Gasteiger partial charge in [-0.15, -0.1) is 0 Å². The van der Waals surface area contributed by atoms with Crippen LogP contribution in [0.2, 0.25) is 0 Å². The molecule has 4 rings (SSSR count). The number of phenols is 1. The summed E-state index contributed by atoms with van der Waals surface area (Å²) in [6, 6.07) is 8.00. The summed E-state index contributed by atoms with van der Waals surface area (Å²) in [6.07, 6.45) is -0.447. The number of Topliss-reactive ketones (excluding diaryl/α,β-unsaturated/α-hetero) is 1. The van der Waals surface area contributed by atoms with Crippen molar-refractivity contribution in [1.29, 1.82) is 0 Å². The summed E-state index contributed by atoms with van der Waals surface area (Å²) in [5.41, 5.74) is 1.17. The van der Waals surface area contributed by atoms with Crippen molar-refractivity contribution in [3.05, 3.63) is 41.5 Å². The molecule has 0 saturated carbocycles. The van der Waals surface area contributed by atoms with Crippen LogP contribution in [0.25, 0.3) is 0 Å². The lowest BCUT2D eigenvalue weighted by molar-refractivity contribution is 0.0557. The quantitative estimate of drug-likeness (QED) is 0.913. The van der Waals surface area contributed by atoms with Gasteiger partial charge >= 0.3 is 0 Å². The van der Waals surface area contributed by atoms with Crippen molar-refractivity contribution < 1.29 is 28.8 Å². The molecule has 0 aliphatic carbocycles. The van der Waals surface area contributed by atoms with E-state index in [4.69, 9.17) is 18.9 Å². The van der Waals surface area contributed by atoms with Gasteiger partial charge in [-0.2, -0.15) is 0 Å². The van der Waals surface area contributed by atoms with Gasteiger partial charge < -0.3 is 24.1 Å². The van der Waals surface area contributed by atoms with Gasteiger partial charge in [-0.3, -0.25) is 4.79 Å². The Morgan fingerprint density at radius 3 is 2.58 bits per heavy atom. The second-order valence-corrected chi connectivity index (χ2v) is 5.73. The van der Waals surface area contributed by atoms with Gasteiger partial charge in [-0.05, 0) is 18.2 Å². The van der Waals surface area contributed by atoms with Crippen molar-refractivity contribution in [3.63, 3.8) is 0 Å². The van der Waals surface area contributed by atoms with E-state index in [9.17, 15) is 9.90 Å². The number of rotatable bonds is 2. The van der Waals surface area contributed by atoms with E-state index in [0.29, 0.717) is 34.1 Å². The number of benzene rings is 2. The summed E-state index contributed by atoms with van der Waals surface area (Å²) < 4.78 is 22.3. The summed E-state index contributed by atoms with van der Waals surface area (Å²) in [5, 5.41) is 9.60. The maximum Gasteiger partial charge on any atom is 0.178 e. The number of carbonyl (C=O) groups is 1. The molecule has 0 aromatic heterocycles. The summed E-state index contributed by atoms with van der Waals surface area (Å²) in [7, 11) is 3.09. The summed E-state index contributed by atoms with van der Waals surface area (Å²) in [6.45, 7) is 0.244. The predicted octanol–water partition coefficient (Wildman–Crippen LogP) is 2.53. The lowest BCUT2D eigenvalue weighted by atomic mass is 9.82. The van der Waals surface area contributed by atoms with Crippen molar-refractivity contribution in [2.45, 2.75) is 12.0 Å². The van der Waals surface area contributed by atoms with E-state index >= 15 is 0 Å². The number of methoxy groups -OCH3 is 2. The summed E-state index contributed by atoms with van der Waals surface area (Å²) >= 11 is 0. The third kappa shape index (κ3) is 2.06. The van der Waals surface area contributed by atoms with Gasteiger partial charge in [-0.25, -0.2) is 0 Å². The number of phenolic OH excluding ortho intramolecular Hbond substituents is 1. The van der Waals surface area contributed by atoms with Crippen molar-refractivity contribution >= 4 is 5.78 Å². The monoisotopic (exact) mass is 328 g/mol. The Morgan fingerprint density at radius 1 is 1.08 bits per heavy atom. The lowest BCUT2D eigenvalue weighted by Gasteiger charge is -2.37. The topological polar surface area (TPSA) is 74.2 Å². The Morgan fingerprint density at radius 2 is 1.83 bits per heavy atom. The number of aromatic hydroxyl groups is 1. The van der Waals surface area contributed by atoms with Crippen LogP contribution in [0.1, 0.15) is 21.8 Å².